The van der Waals surface area contributed by atoms with Crippen LogP contribution in [0.3, 0.4) is 0 Å². The van der Waals surface area contributed by atoms with Crippen LogP contribution >= 0.6 is 11.6 Å². The topological polar surface area (TPSA) is 35.5 Å². The van der Waals surface area contributed by atoms with E-state index in [9.17, 15) is 4.79 Å². The Morgan fingerprint density at radius 1 is 1.33 bits per heavy atom. The van der Waals surface area contributed by atoms with Gasteiger partial charge in [-0.3, -0.25) is 0 Å². The van der Waals surface area contributed by atoms with E-state index in [1.807, 2.05) is 30.3 Å². The number of alkyl halides is 1. The first-order valence-electron chi connectivity index (χ1n) is 4.74. The third-order valence-electron chi connectivity index (χ3n) is 2.28. The van der Waals surface area contributed by atoms with Gasteiger partial charge in [-0.25, -0.2) is 4.79 Å². The fourth-order valence-electron chi connectivity index (χ4n) is 1.49. The molecule has 2 rings (SSSR count). The quantitative estimate of drug-likeness (QED) is 0.571. The van der Waals surface area contributed by atoms with E-state index in [0.717, 1.165) is 5.56 Å². The molecule has 2 unspecified atom stereocenters. The van der Waals surface area contributed by atoms with Crippen LogP contribution in [0.1, 0.15) is 11.7 Å². The summed E-state index contributed by atoms with van der Waals surface area (Å²) < 4.78 is 10.5. The average molecular weight is 227 g/mol. The summed E-state index contributed by atoms with van der Waals surface area (Å²) in [5.41, 5.74) is 1.00. The molecule has 0 spiro atoms. The van der Waals surface area contributed by atoms with Crippen LogP contribution in [0.25, 0.3) is 0 Å². The molecule has 1 saturated heterocycles. The molecule has 0 aromatic heterocycles. The summed E-state index contributed by atoms with van der Waals surface area (Å²) in [6.45, 7) is 0.260. The van der Waals surface area contributed by atoms with E-state index < -0.39 is 6.10 Å². The third-order valence-corrected chi connectivity index (χ3v) is 2.56. The number of esters is 1. The standard InChI is InChI=1S/C11H11ClO3/c12-6-9-11(13)14-7-10(15-9)8-4-2-1-3-5-8/h1-5,9-10H,6-7H2. The Kier molecular flexibility index (Phi) is 3.23. The summed E-state index contributed by atoms with van der Waals surface area (Å²) in [6.07, 6.45) is -0.849. The molecule has 0 amide bonds. The number of halogens is 1. The number of benzene rings is 1. The predicted molar refractivity (Wildman–Crippen MR) is 55.7 cm³/mol. The summed E-state index contributed by atoms with van der Waals surface area (Å²) in [4.78, 5) is 11.2. The Morgan fingerprint density at radius 2 is 2.07 bits per heavy atom. The van der Waals surface area contributed by atoms with E-state index in [1.54, 1.807) is 0 Å². The molecule has 80 valence electrons. The molecule has 1 aliphatic rings. The van der Waals surface area contributed by atoms with Crippen molar-refractivity contribution in [1.82, 2.24) is 0 Å². The Balaban J connectivity index is 2.09. The Labute approximate surface area is 92.9 Å². The van der Waals surface area contributed by atoms with Crippen LogP contribution in [0.5, 0.6) is 0 Å². The maximum Gasteiger partial charge on any atom is 0.336 e. The van der Waals surface area contributed by atoms with E-state index in [0.29, 0.717) is 0 Å². The van der Waals surface area contributed by atoms with Crippen molar-refractivity contribution in [2.75, 3.05) is 12.5 Å². The first kappa shape index (κ1) is 10.5. The van der Waals surface area contributed by atoms with Crippen molar-refractivity contribution in [2.24, 2.45) is 0 Å². The minimum absolute atomic E-state index is 0.127. The summed E-state index contributed by atoms with van der Waals surface area (Å²) in [5, 5.41) is 0. The Morgan fingerprint density at radius 3 is 2.73 bits per heavy atom. The van der Waals surface area contributed by atoms with Crippen LogP contribution in [0.15, 0.2) is 30.3 Å². The van der Waals surface area contributed by atoms with Gasteiger partial charge in [0, 0.05) is 0 Å². The second-order valence-corrected chi connectivity index (χ2v) is 3.62. The van der Waals surface area contributed by atoms with Crippen molar-refractivity contribution in [3.8, 4) is 0 Å². The zero-order valence-corrected chi connectivity index (χ0v) is 8.81. The monoisotopic (exact) mass is 226 g/mol. The van der Waals surface area contributed by atoms with Gasteiger partial charge in [-0.05, 0) is 5.56 Å². The van der Waals surface area contributed by atoms with Crippen molar-refractivity contribution < 1.29 is 14.3 Å². The first-order valence-corrected chi connectivity index (χ1v) is 5.27. The summed E-state index contributed by atoms with van der Waals surface area (Å²) in [6, 6.07) is 9.65. The van der Waals surface area contributed by atoms with E-state index >= 15 is 0 Å². The molecule has 1 aromatic carbocycles. The smallest absolute Gasteiger partial charge is 0.336 e. The van der Waals surface area contributed by atoms with E-state index in [2.05, 4.69) is 0 Å². The molecule has 0 N–H and O–H groups in total. The highest BCUT2D eigenvalue weighted by Crippen LogP contribution is 2.24. The van der Waals surface area contributed by atoms with E-state index in [4.69, 9.17) is 21.1 Å². The van der Waals surface area contributed by atoms with Gasteiger partial charge in [-0.1, -0.05) is 30.3 Å². The molecular weight excluding hydrogens is 216 g/mol. The Bertz CT molecular complexity index is 339. The molecule has 0 radical (unpaired) electrons. The highest BCUT2D eigenvalue weighted by molar-refractivity contribution is 6.19. The van der Waals surface area contributed by atoms with Gasteiger partial charge in [-0.2, -0.15) is 0 Å². The minimum Gasteiger partial charge on any atom is -0.461 e. The van der Waals surface area contributed by atoms with Crippen LogP contribution in [-0.4, -0.2) is 24.6 Å². The molecule has 1 aliphatic heterocycles. The third kappa shape index (κ3) is 2.30. The zero-order chi connectivity index (χ0) is 10.7. The van der Waals surface area contributed by atoms with Gasteiger partial charge in [0.1, 0.15) is 12.7 Å². The molecule has 15 heavy (non-hydrogen) atoms. The maximum absolute atomic E-state index is 11.2. The van der Waals surface area contributed by atoms with Crippen LogP contribution in [0.4, 0.5) is 0 Å². The van der Waals surface area contributed by atoms with Gasteiger partial charge < -0.3 is 9.47 Å². The highest BCUT2D eigenvalue weighted by atomic mass is 35.5. The molecule has 1 fully saturated rings. The van der Waals surface area contributed by atoms with Gasteiger partial charge in [0.25, 0.3) is 0 Å². The number of carbonyl (C=O) groups excluding carboxylic acids is 1. The van der Waals surface area contributed by atoms with Crippen LogP contribution < -0.4 is 0 Å². The molecule has 1 heterocycles. The highest BCUT2D eigenvalue weighted by Gasteiger charge is 2.31. The first-order chi connectivity index (χ1) is 7.31. The van der Waals surface area contributed by atoms with Gasteiger partial charge in [-0.15, -0.1) is 11.6 Å². The SMILES string of the molecule is O=C1OCC(c2ccccc2)OC1CCl. The van der Waals surface area contributed by atoms with Crippen molar-refractivity contribution in [3.05, 3.63) is 35.9 Å². The van der Waals surface area contributed by atoms with Gasteiger partial charge >= 0.3 is 5.97 Å². The molecule has 4 heteroatoms. The largest absolute Gasteiger partial charge is 0.461 e. The lowest BCUT2D eigenvalue weighted by Gasteiger charge is -2.28. The lowest BCUT2D eigenvalue weighted by Crippen LogP contribution is -2.37. The maximum atomic E-state index is 11.2. The van der Waals surface area contributed by atoms with Crippen molar-refractivity contribution in [3.63, 3.8) is 0 Å². The number of carbonyl (C=O) groups is 1. The van der Waals surface area contributed by atoms with Gasteiger partial charge in [0.2, 0.25) is 0 Å². The molecular formula is C11H11ClO3. The van der Waals surface area contributed by atoms with Crippen molar-refractivity contribution in [2.45, 2.75) is 12.2 Å². The number of cyclic esters (lactones) is 1. The fourth-order valence-corrected chi connectivity index (χ4v) is 1.68. The second kappa shape index (κ2) is 4.64. The van der Waals surface area contributed by atoms with Crippen molar-refractivity contribution in [1.29, 1.82) is 0 Å². The summed E-state index contributed by atoms with van der Waals surface area (Å²) in [5.74, 6) is -0.250. The van der Waals surface area contributed by atoms with Gasteiger partial charge in [0.05, 0.1) is 5.88 Å². The molecule has 0 saturated carbocycles. The van der Waals surface area contributed by atoms with Crippen molar-refractivity contribution >= 4 is 17.6 Å². The average Bonchev–Trinajstić information content (AvgIpc) is 2.31. The second-order valence-electron chi connectivity index (χ2n) is 3.31. The summed E-state index contributed by atoms with van der Waals surface area (Å²) >= 11 is 5.60. The van der Waals surface area contributed by atoms with E-state index in [-0.39, 0.29) is 24.6 Å². The number of rotatable bonds is 2. The predicted octanol–water partition coefficient (Wildman–Crippen LogP) is 1.91. The molecule has 1 aromatic rings. The zero-order valence-electron chi connectivity index (χ0n) is 8.06. The van der Waals surface area contributed by atoms with Crippen LogP contribution in [0, 0.1) is 0 Å². The van der Waals surface area contributed by atoms with E-state index in [1.165, 1.54) is 0 Å². The fraction of sp³-hybridized carbons (Fsp3) is 0.364. The lowest BCUT2D eigenvalue weighted by atomic mass is 10.1. The molecule has 0 bridgehead atoms. The van der Waals surface area contributed by atoms with Crippen LogP contribution in [-0.2, 0) is 14.3 Å². The normalized spacial score (nSPS) is 26.1. The molecule has 2 atom stereocenters. The number of hydrogen-bond acceptors (Lipinski definition) is 3. The molecule has 0 aliphatic carbocycles. The molecule has 3 nitrogen and oxygen atoms in total. The lowest BCUT2D eigenvalue weighted by molar-refractivity contribution is -0.181. The summed E-state index contributed by atoms with van der Waals surface area (Å²) in [7, 11) is 0. The number of ether oxygens (including phenoxy) is 2. The van der Waals surface area contributed by atoms with Crippen LogP contribution in [0.2, 0.25) is 0 Å². The van der Waals surface area contributed by atoms with Gasteiger partial charge in [0.15, 0.2) is 6.10 Å². The number of hydrogen-bond donors (Lipinski definition) is 0. The minimum atomic E-state index is -0.648. The Hall–Kier alpha value is -1.06.